The first-order valence-corrected chi connectivity index (χ1v) is 7.70. The van der Waals surface area contributed by atoms with Crippen molar-refractivity contribution in [2.45, 2.75) is 25.3 Å². The number of aromatic carboxylic acids is 1. The highest BCUT2D eigenvalue weighted by molar-refractivity contribution is 8.02. The number of aromatic nitrogens is 2. The van der Waals surface area contributed by atoms with E-state index in [4.69, 9.17) is 5.11 Å². The van der Waals surface area contributed by atoms with Crippen LogP contribution in [0.1, 0.15) is 28.8 Å². The third-order valence-electron chi connectivity index (χ3n) is 2.16. The molecule has 0 fully saturated rings. The summed E-state index contributed by atoms with van der Waals surface area (Å²) in [5.74, 6) is 1.60. The van der Waals surface area contributed by atoms with Crippen molar-refractivity contribution < 1.29 is 9.90 Å². The van der Waals surface area contributed by atoms with Crippen LogP contribution < -0.4 is 0 Å². The number of rotatable bonds is 6. The number of hydrogen-bond acceptors (Lipinski definition) is 5. The maximum atomic E-state index is 11.2. The molecule has 4 nitrogen and oxygen atoms in total. The molecule has 1 aromatic heterocycles. The highest BCUT2D eigenvalue weighted by atomic mass is 32.2. The van der Waals surface area contributed by atoms with Crippen LogP contribution >= 0.6 is 23.5 Å². The monoisotopic (exact) mass is 272 g/mol. The van der Waals surface area contributed by atoms with Crippen LogP contribution in [0.25, 0.3) is 0 Å². The second-order valence-corrected chi connectivity index (χ2v) is 5.47. The molecule has 1 heterocycles. The van der Waals surface area contributed by atoms with Gasteiger partial charge in [0, 0.05) is 17.9 Å². The minimum Gasteiger partial charge on any atom is -0.478 e. The SMILES string of the molecule is CCc1nc(C)c(C(=O)O)c(SCCSC)n1. The van der Waals surface area contributed by atoms with Crippen molar-refractivity contribution in [3.8, 4) is 0 Å². The summed E-state index contributed by atoms with van der Waals surface area (Å²) in [6.45, 7) is 3.69. The maximum absolute atomic E-state index is 11.2. The van der Waals surface area contributed by atoms with Gasteiger partial charge in [-0.2, -0.15) is 11.8 Å². The summed E-state index contributed by atoms with van der Waals surface area (Å²) < 4.78 is 0. The Kier molecular flexibility index (Phi) is 5.77. The van der Waals surface area contributed by atoms with E-state index in [2.05, 4.69) is 9.97 Å². The Morgan fingerprint density at radius 1 is 1.35 bits per heavy atom. The lowest BCUT2D eigenvalue weighted by Crippen LogP contribution is -2.09. The first kappa shape index (κ1) is 14.3. The molecule has 17 heavy (non-hydrogen) atoms. The topological polar surface area (TPSA) is 63.1 Å². The predicted octanol–water partition coefficient (Wildman–Crippen LogP) is 2.50. The summed E-state index contributed by atoms with van der Waals surface area (Å²) in [6.07, 6.45) is 2.75. The Morgan fingerprint density at radius 3 is 2.59 bits per heavy atom. The molecule has 1 aromatic rings. The lowest BCUT2D eigenvalue weighted by Gasteiger charge is -2.08. The summed E-state index contributed by atoms with van der Waals surface area (Å²) in [5.41, 5.74) is 0.796. The number of thioether (sulfide) groups is 2. The summed E-state index contributed by atoms with van der Waals surface area (Å²) in [5, 5.41) is 9.76. The first-order valence-electron chi connectivity index (χ1n) is 5.32. The smallest absolute Gasteiger partial charge is 0.340 e. The van der Waals surface area contributed by atoms with Crippen LogP contribution in [0.3, 0.4) is 0 Å². The van der Waals surface area contributed by atoms with Gasteiger partial charge in [0.25, 0.3) is 0 Å². The molecular weight excluding hydrogens is 256 g/mol. The summed E-state index contributed by atoms with van der Waals surface area (Å²) in [4.78, 5) is 19.7. The van der Waals surface area contributed by atoms with Crippen molar-refractivity contribution in [3.05, 3.63) is 17.1 Å². The minimum atomic E-state index is -0.947. The van der Waals surface area contributed by atoms with Gasteiger partial charge in [0.2, 0.25) is 0 Å². The van der Waals surface area contributed by atoms with E-state index in [1.165, 1.54) is 11.8 Å². The van der Waals surface area contributed by atoms with Crippen LogP contribution in [0.15, 0.2) is 5.03 Å². The van der Waals surface area contributed by atoms with Crippen molar-refractivity contribution >= 4 is 29.5 Å². The van der Waals surface area contributed by atoms with E-state index in [0.717, 1.165) is 17.9 Å². The number of carboxylic acids is 1. The van der Waals surface area contributed by atoms with Crippen LogP contribution in [-0.2, 0) is 6.42 Å². The van der Waals surface area contributed by atoms with E-state index >= 15 is 0 Å². The summed E-state index contributed by atoms with van der Waals surface area (Å²) >= 11 is 3.23. The third kappa shape index (κ3) is 3.89. The summed E-state index contributed by atoms with van der Waals surface area (Å²) in [6, 6.07) is 0. The normalized spacial score (nSPS) is 10.5. The van der Waals surface area contributed by atoms with Crippen molar-refractivity contribution in [1.29, 1.82) is 0 Å². The molecule has 0 aliphatic rings. The average Bonchev–Trinajstić information content (AvgIpc) is 2.28. The van der Waals surface area contributed by atoms with Crippen molar-refractivity contribution in [2.75, 3.05) is 17.8 Å². The molecule has 0 bridgehead atoms. The fourth-order valence-electron chi connectivity index (χ4n) is 1.33. The van der Waals surface area contributed by atoms with Gasteiger partial charge < -0.3 is 5.11 Å². The van der Waals surface area contributed by atoms with E-state index < -0.39 is 5.97 Å². The van der Waals surface area contributed by atoms with E-state index in [9.17, 15) is 4.79 Å². The molecule has 1 N–H and O–H groups in total. The fraction of sp³-hybridized carbons (Fsp3) is 0.545. The number of aryl methyl sites for hydroxylation is 2. The lowest BCUT2D eigenvalue weighted by atomic mass is 10.2. The zero-order valence-electron chi connectivity index (χ0n) is 10.2. The van der Waals surface area contributed by atoms with Gasteiger partial charge in [0.15, 0.2) is 0 Å². The first-order chi connectivity index (χ1) is 8.10. The Morgan fingerprint density at radius 2 is 2.06 bits per heavy atom. The van der Waals surface area contributed by atoms with Crippen LogP contribution in [0, 0.1) is 6.92 Å². The van der Waals surface area contributed by atoms with Gasteiger partial charge in [-0.3, -0.25) is 0 Å². The van der Waals surface area contributed by atoms with Gasteiger partial charge in [-0.25, -0.2) is 14.8 Å². The number of carboxylic acid groups (broad SMARTS) is 1. The fourth-order valence-corrected chi connectivity index (χ4v) is 3.08. The van der Waals surface area contributed by atoms with Crippen LogP contribution in [0.2, 0.25) is 0 Å². The minimum absolute atomic E-state index is 0.244. The Bertz CT molecular complexity index is 411. The Hall–Kier alpha value is -0.750. The van der Waals surface area contributed by atoms with Gasteiger partial charge in [0.05, 0.1) is 5.69 Å². The largest absolute Gasteiger partial charge is 0.478 e. The lowest BCUT2D eigenvalue weighted by molar-refractivity contribution is 0.0690. The Balaban J connectivity index is 3.04. The highest BCUT2D eigenvalue weighted by Crippen LogP contribution is 2.23. The van der Waals surface area contributed by atoms with Crippen molar-refractivity contribution in [2.24, 2.45) is 0 Å². The number of carbonyl (C=O) groups is 1. The molecule has 0 aliphatic heterocycles. The number of hydrogen-bond donors (Lipinski definition) is 1. The van der Waals surface area contributed by atoms with E-state index in [1.54, 1.807) is 18.7 Å². The van der Waals surface area contributed by atoms with Gasteiger partial charge >= 0.3 is 5.97 Å². The zero-order valence-corrected chi connectivity index (χ0v) is 11.8. The van der Waals surface area contributed by atoms with Crippen LogP contribution in [0.4, 0.5) is 0 Å². The van der Waals surface area contributed by atoms with E-state index in [-0.39, 0.29) is 5.56 Å². The second-order valence-electron chi connectivity index (χ2n) is 3.41. The van der Waals surface area contributed by atoms with Gasteiger partial charge in [0.1, 0.15) is 16.4 Å². The third-order valence-corrected chi connectivity index (χ3v) is 4.01. The molecule has 0 saturated carbocycles. The Labute approximate surface area is 110 Å². The van der Waals surface area contributed by atoms with Gasteiger partial charge in [-0.1, -0.05) is 6.92 Å². The van der Waals surface area contributed by atoms with E-state index in [1.807, 2.05) is 13.2 Å². The van der Waals surface area contributed by atoms with Crippen LogP contribution in [0.5, 0.6) is 0 Å². The molecule has 0 spiro atoms. The van der Waals surface area contributed by atoms with Crippen LogP contribution in [-0.4, -0.2) is 38.8 Å². The highest BCUT2D eigenvalue weighted by Gasteiger charge is 2.17. The van der Waals surface area contributed by atoms with E-state index in [0.29, 0.717) is 16.5 Å². The standard InChI is InChI=1S/C11H16N2O2S2/c1-4-8-12-7(2)9(11(14)15)10(13-8)17-6-5-16-3/h4-6H2,1-3H3,(H,14,15). The zero-order chi connectivity index (χ0) is 12.8. The predicted molar refractivity (Wildman–Crippen MR) is 72.2 cm³/mol. The molecule has 0 aliphatic carbocycles. The second kappa shape index (κ2) is 6.86. The van der Waals surface area contributed by atoms with Gasteiger partial charge in [-0.15, -0.1) is 11.8 Å². The molecule has 0 unspecified atom stereocenters. The molecule has 94 valence electrons. The molecule has 1 rings (SSSR count). The molecule has 0 saturated heterocycles. The molecule has 0 radical (unpaired) electrons. The maximum Gasteiger partial charge on any atom is 0.340 e. The average molecular weight is 272 g/mol. The molecule has 0 aromatic carbocycles. The quantitative estimate of drug-likeness (QED) is 0.488. The van der Waals surface area contributed by atoms with Gasteiger partial charge in [-0.05, 0) is 13.2 Å². The van der Waals surface area contributed by atoms with Crippen molar-refractivity contribution in [1.82, 2.24) is 9.97 Å². The number of nitrogens with zero attached hydrogens (tertiary/aromatic N) is 2. The molecule has 0 amide bonds. The summed E-state index contributed by atoms with van der Waals surface area (Å²) in [7, 11) is 0. The molecule has 0 atom stereocenters. The van der Waals surface area contributed by atoms with Crippen molar-refractivity contribution in [3.63, 3.8) is 0 Å². The molecular formula is C11H16N2O2S2. The molecule has 6 heteroatoms.